The Hall–Kier alpha value is -1.03. The van der Waals surface area contributed by atoms with Crippen LogP contribution in [0, 0.1) is 5.41 Å². The average molecular weight is 241 g/mol. The van der Waals surface area contributed by atoms with E-state index in [1.54, 1.807) is 12.1 Å². The van der Waals surface area contributed by atoms with Crippen molar-refractivity contribution in [3.8, 4) is 0 Å². The van der Waals surface area contributed by atoms with E-state index in [0.717, 1.165) is 25.9 Å². The van der Waals surface area contributed by atoms with Crippen LogP contribution in [0.5, 0.6) is 0 Å². The SMILES string of the molecule is FC(F)(F)c1ccccc1C1CC12CCNC2. The van der Waals surface area contributed by atoms with Crippen molar-refractivity contribution in [2.45, 2.75) is 24.9 Å². The quantitative estimate of drug-likeness (QED) is 0.796. The standard InChI is InChI=1S/C13H14F3N/c14-13(15,16)10-4-2-1-3-9(10)11-7-12(11)5-6-17-8-12/h1-4,11,17H,5-8H2. The molecule has 1 N–H and O–H groups in total. The lowest BCUT2D eigenvalue weighted by Gasteiger charge is -2.14. The van der Waals surface area contributed by atoms with Crippen LogP contribution in [0.15, 0.2) is 24.3 Å². The fourth-order valence-corrected chi connectivity index (χ4v) is 3.08. The predicted octanol–water partition coefficient (Wildman–Crippen LogP) is 3.17. The number of rotatable bonds is 1. The summed E-state index contributed by atoms with van der Waals surface area (Å²) in [4.78, 5) is 0. The van der Waals surface area contributed by atoms with Gasteiger partial charge in [0, 0.05) is 6.54 Å². The molecule has 3 rings (SSSR count). The number of hydrogen-bond donors (Lipinski definition) is 1. The van der Waals surface area contributed by atoms with Crippen LogP contribution in [-0.4, -0.2) is 13.1 Å². The normalized spacial score (nSPS) is 32.1. The van der Waals surface area contributed by atoms with Gasteiger partial charge in [-0.15, -0.1) is 0 Å². The van der Waals surface area contributed by atoms with Gasteiger partial charge in [-0.2, -0.15) is 13.2 Å². The second-order valence-corrected chi connectivity index (χ2v) is 5.13. The molecule has 1 aliphatic carbocycles. The molecule has 0 radical (unpaired) electrons. The molecule has 0 bridgehead atoms. The Morgan fingerprint density at radius 3 is 2.65 bits per heavy atom. The summed E-state index contributed by atoms with van der Waals surface area (Å²) in [5.41, 5.74) is 0.152. The van der Waals surface area contributed by atoms with E-state index in [1.165, 1.54) is 12.1 Å². The first-order chi connectivity index (χ1) is 8.03. The fraction of sp³-hybridized carbons (Fsp3) is 0.538. The zero-order chi connectivity index (χ0) is 12.1. The Labute approximate surface area is 98.0 Å². The molecule has 1 saturated heterocycles. The molecule has 2 atom stereocenters. The summed E-state index contributed by atoms with van der Waals surface area (Å²) in [5, 5.41) is 3.25. The summed E-state index contributed by atoms with van der Waals surface area (Å²) in [6, 6.07) is 6.01. The van der Waals surface area contributed by atoms with Crippen molar-refractivity contribution in [2.75, 3.05) is 13.1 Å². The summed E-state index contributed by atoms with van der Waals surface area (Å²) < 4.78 is 38.7. The third-order valence-electron chi connectivity index (χ3n) is 4.11. The van der Waals surface area contributed by atoms with E-state index in [0.29, 0.717) is 5.56 Å². The van der Waals surface area contributed by atoms with Crippen LogP contribution in [-0.2, 0) is 6.18 Å². The molecule has 1 heterocycles. The number of nitrogens with one attached hydrogen (secondary N) is 1. The molecular weight excluding hydrogens is 227 g/mol. The van der Waals surface area contributed by atoms with E-state index in [4.69, 9.17) is 0 Å². The minimum Gasteiger partial charge on any atom is -0.316 e. The van der Waals surface area contributed by atoms with Gasteiger partial charge >= 0.3 is 6.18 Å². The molecule has 1 saturated carbocycles. The highest BCUT2D eigenvalue weighted by molar-refractivity contribution is 5.39. The molecule has 1 aliphatic heterocycles. The van der Waals surface area contributed by atoms with Crippen LogP contribution in [0.4, 0.5) is 13.2 Å². The Morgan fingerprint density at radius 2 is 2.00 bits per heavy atom. The van der Waals surface area contributed by atoms with Crippen LogP contribution in [0.3, 0.4) is 0 Å². The maximum Gasteiger partial charge on any atom is 0.416 e. The van der Waals surface area contributed by atoms with Gasteiger partial charge in [-0.3, -0.25) is 0 Å². The van der Waals surface area contributed by atoms with Crippen LogP contribution < -0.4 is 5.32 Å². The van der Waals surface area contributed by atoms with Crippen molar-refractivity contribution in [3.05, 3.63) is 35.4 Å². The number of alkyl halides is 3. The van der Waals surface area contributed by atoms with Crippen molar-refractivity contribution in [1.82, 2.24) is 5.32 Å². The van der Waals surface area contributed by atoms with Gasteiger partial charge in [0.2, 0.25) is 0 Å². The number of hydrogen-bond acceptors (Lipinski definition) is 1. The molecular formula is C13H14F3N. The third kappa shape index (κ3) is 1.75. The van der Waals surface area contributed by atoms with Gasteiger partial charge in [0.05, 0.1) is 5.56 Å². The van der Waals surface area contributed by atoms with E-state index < -0.39 is 11.7 Å². The second-order valence-electron chi connectivity index (χ2n) is 5.13. The van der Waals surface area contributed by atoms with Crippen LogP contribution in [0.1, 0.15) is 29.9 Å². The van der Waals surface area contributed by atoms with E-state index in [2.05, 4.69) is 5.32 Å². The third-order valence-corrected chi connectivity index (χ3v) is 4.11. The largest absolute Gasteiger partial charge is 0.416 e. The van der Waals surface area contributed by atoms with Gasteiger partial charge in [0.15, 0.2) is 0 Å². The van der Waals surface area contributed by atoms with E-state index >= 15 is 0 Å². The first-order valence-electron chi connectivity index (χ1n) is 5.90. The highest BCUT2D eigenvalue weighted by Gasteiger charge is 2.57. The van der Waals surface area contributed by atoms with Crippen molar-refractivity contribution in [1.29, 1.82) is 0 Å². The Kier molecular flexibility index (Phi) is 2.27. The topological polar surface area (TPSA) is 12.0 Å². The van der Waals surface area contributed by atoms with Crippen molar-refractivity contribution in [2.24, 2.45) is 5.41 Å². The molecule has 17 heavy (non-hydrogen) atoms. The van der Waals surface area contributed by atoms with Gasteiger partial charge in [0.25, 0.3) is 0 Å². The van der Waals surface area contributed by atoms with Crippen molar-refractivity contribution in [3.63, 3.8) is 0 Å². The summed E-state index contributed by atoms with van der Waals surface area (Å²) in [7, 11) is 0. The zero-order valence-corrected chi connectivity index (χ0v) is 9.35. The Balaban J connectivity index is 1.94. The highest BCUT2D eigenvalue weighted by atomic mass is 19.4. The van der Waals surface area contributed by atoms with E-state index in [-0.39, 0.29) is 11.3 Å². The first kappa shape index (κ1) is 11.1. The molecule has 2 fully saturated rings. The smallest absolute Gasteiger partial charge is 0.316 e. The van der Waals surface area contributed by atoms with Crippen molar-refractivity contribution < 1.29 is 13.2 Å². The minimum absolute atomic E-state index is 0.0929. The maximum absolute atomic E-state index is 12.9. The molecule has 2 unspecified atom stereocenters. The Morgan fingerprint density at radius 1 is 1.24 bits per heavy atom. The lowest BCUT2D eigenvalue weighted by atomic mass is 9.95. The van der Waals surface area contributed by atoms with Gasteiger partial charge < -0.3 is 5.32 Å². The van der Waals surface area contributed by atoms with Crippen LogP contribution in [0.2, 0.25) is 0 Å². The fourth-order valence-electron chi connectivity index (χ4n) is 3.08. The lowest BCUT2D eigenvalue weighted by Crippen LogP contribution is -2.13. The lowest BCUT2D eigenvalue weighted by molar-refractivity contribution is -0.138. The monoisotopic (exact) mass is 241 g/mol. The summed E-state index contributed by atoms with van der Waals surface area (Å²) in [5.74, 6) is 0.0929. The minimum atomic E-state index is -4.23. The summed E-state index contributed by atoms with van der Waals surface area (Å²) >= 11 is 0. The molecule has 92 valence electrons. The maximum atomic E-state index is 12.9. The van der Waals surface area contributed by atoms with Crippen LogP contribution in [0.25, 0.3) is 0 Å². The second kappa shape index (κ2) is 3.48. The molecule has 0 aromatic heterocycles. The summed E-state index contributed by atoms with van der Waals surface area (Å²) in [6.45, 7) is 1.80. The highest BCUT2D eigenvalue weighted by Crippen LogP contribution is 2.63. The zero-order valence-electron chi connectivity index (χ0n) is 9.35. The molecule has 0 amide bonds. The molecule has 1 aromatic rings. The first-order valence-corrected chi connectivity index (χ1v) is 5.90. The van der Waals surface area contributed by atoms with Gasteiger partial charge in [-0.05, 0) is 42.3 Å². The van der Waals surface area contributed by atoms with Crippen LogP contribution >= 0.6 is 0 Å². The average Bonchev–Trinajstić information content (AvgIpc) is 2.75. The number of benzene rings is 1. The van der Waals surface area contributed by atoms with Crippen molar-refractivity contribution >= 4 is 0 Å². The van der Waals surface area contributed by atoms with Gasteiger partial charge in [-0.1, -0.05) is 18.2 Å². The molecule has 4 heteroatoms. The number of halogens is 3. The van der Waals surface area contributed by atoms with E-state index in [1.807, 2.05) is 0 Å². The van der Waals surface area contributed by atoms with Gasteiger partial charge in [-0.25, -0.2) is 0 Å². The molecule has 1 nitrogen and oxygen atoms in total. The molecule has 2 aliphatic rings. The molecule has 1 aromatic carbocycles. The Bertz CT molecular complexity index is 433. The molecule has 1 spiro atoms. The summed E-state index contributed by atoms with van der Waals surface area (Å²) in [6.07, 6.45) is -2.33. The predicted molar refractivity (Wildman–Crippen MR) is 58.7 cm³/mol. The van der Waals surface area contributed by atoms with Gasteiger partial charge in [0.1, 0.15) is 0 Å². The van der Waals surface area contributed by atoms with E-state index in [9.17, 15) is 13.2 Å².